The van der Waals surface area contributed by atoms with Crippen molar-refractivity contribution < 1.29 is 0 Å². The van der Waals surface area contributed by atoms with Crippen LogP contribution >= 0.6 is 11.6 Å². The number of aryl methyl sites for hydroxylation is 2. The molecule has 2 fully saturated rings. The molecule has 0 amide bonds. The summed E-state index contributed by atoms with van der Waals surface area (Å²) in [5.41, 5.74) is 3.99. The second-order valence-corrected chi connectivity index (χ2v) is 7.13. The minimum absolute atomic E-state index is 0.469. The Hall–Kier alpha value is -0.530. The van der Waals surface area contributed by atoms with E-state index in [2.05, 4.69) is 38.2 Å². The van der Waals surface area contributed by atoms with E-state index in [4.69, 9.17) is 11.6 Å². The summed E-state index contributed by atoms with van der Waals surface area (Å²) in [5.74, 6) is 2.75. The first-order valence-corrected chi connectivity index (χ1v) is 8.51. The molecule has 2 aliphatic carbocycles. The maximum Gasteiger partial charge on any atom is 0.0456 e. The SMILES string of the molecule is CCCNC(c1cc(C)c(C)cc1Cl)C1C2CCCC21. The van der Waals surface area contributed by atoms with E-state index in [1.165, 1.54) is 42.4 Å². The predicted octanol–water partition coefficient (Wildman–Crippen LogP) is 5.04. The molecule has 0 bridgehead atoms. The third-order valence-electron chi connectivity index (χ3n) is 5.42. The number of halogens is 1. The number of rotatable bonds is 5. The number of hydrogen-bond donors (Lipinski definition) is 1. The van der Waals surface area contributed by atoms with Gasteiger partial charge in [0.25, 0.3) is 0 Å². The summed E-state index contributed by atoms with van der Waals surface area (Å²) >= 11 is 6.56. The Bertz CT molecular complexity index is 486. The van der Waals surface area contributed by atoms with E-state index < -0.39 is 0 Å². The number of benzene rings is 1. The molecule has 1 aromatic carbocycles. The molecular formula is C18H26ClN. The average molecular weight is 292 g/mol. The van der Waals surface area contributed by atoms with Crippen LogP contribution in [0.4, 0.5) is 0 Å². The summed E-state index contributed by atoms with van der Waals surface area (Å²) in [5, 5.41) is 4.73. The van der Waals surface area contributed by atoms with E-state index in [9.17, 15) is 0 Å². The topological polar surface area (TPSA) is 12.0 Å². The van der Waals surface area contributed by atoms with Crippen LogP contribution in [0.2, 0.25) is 5.02 Å². The quantitative estimate of drug-likeness (QED) is 0.801. The minimum atomic E-state index is 0.469. The molecule has 2 saturated carbocycles. The van der Waals surface area contributed by atoms with Gasteiger partial charge >= 0.3 is 0 Å². The van der Waals surface area contributed by atoms with Crippen LogP contribution in [0.15, 0.2) is 12.1 Å². The highest BCUT2D eigenvalue weighted by atomic mass is 35.5. The van der Waals surface area contributed by atoms with Crippen LogP contribution in [0.25, 0.3) is 0 Å². The first-order chi connectivity index (χ1) is 9.63. The van der Waals surface area contributed by atoms with Crippen LogP contribution in [0.1, 0.15) is 55.3 Å². The molecule has 3 rings (SSSR count). The lowest BCUT2D eigenvalue weighted by Gasteiger charge is -2.23. The van der Waals surface area contributed by atoms with Crippen LogP contribution in [-0.4, -0.2) is 6.54 Å². The van der Waals surface area contributed by atoms with Gasteiger partial charge in [-0.2, -0.15) is 0 Å². The molecule has 0 radical (unpaired) electrons. The van der Waals surface area contributed by atoms with Crippen molar-refractivity contribution >= 4 is 11.6 Å². The molecule has 1 aromatic rings. The molecule has 3 unspecified atom stereocenters. The van der Waals surface area contributed by atoms with E-state index in [0.29, 0.717) is 6.04 Å². The lowest BCUT2D eigenvalue weighted by molar-refractivity contribution is 0.417. The lowest BCUT2D eigenvalue weighted by atomic mass is 9.94. The summed E-state index contributed by atoms with van der Waals surface area (Å²) in [6.45, 7) is 7.66. The molecule has 0 aliphatic heterocycles. The van der Waals surface area contributed by atoms with Crippen molar-refractivity contribution in [3.63, 3.8) is 0 Å². The van der Waals surface area contributed by atoms with Gasteiger partial charge in [0.1, 0.15) is 0 Å². The molecule has 2 aliphatic rings. The third-order valence-corrected chi connectivity index (χ3v) is 5.75. The van der Waals surface area contributed by atoms with Gasteiger partial charge < -0.3 is 5.32 Å². The molecule has 0 aromatic heterocycles. The lowest BCUT2D eigenvalue weighted by Crippen LogP contribution is -2.26. The molecule has 0 spiro atoms. The van der Waals surface area contributed by atoms with E-state index in [-0.39, 0.29) is 0 Å². The molecule has 110 valence electrons. The van der Waals surface area contributed by atoms with Crippen molar-refractivity contribution in [1.82, 2.24) is 5.32 Å². The highest BCUT2D eigenvalue weighted by molar-refractivity contribution is 6.31. The van der Waals surface area contributed by atoms with E-state index >= 15 is 0 Å². The van der Waals surface area contributed by atoms with Crippen LogP contribution in [0.3, 0.4) is 0 Å². The summed E-state index contributed by atoms with van der Waals surface area (Å²) in [7, 11) is 0. The van der Waals surface area contributed by atoms with Crippen molar-refractivity contribution in [3.8, 4) is 0 Å². The maximum atomic E-state index is 6.56. The minimum Gasteiger partial charge on any atom is -0.310 e. The molecule has 1 nitrogen and oxygen atoms in total. The van der Waals surface area contributed by atoms with Gasteiger partial charge in [0.2, 0.25) is 0 Å². The van der Waals surface area contributed by atoms with Crippen molar-refractivity contribution in [2.45, 2.75) is 52.5 Å². The third kappa shape index (κ3) is 2.51. The second-order valence-electron chi connectivity index (χ2n) is 6.73. The van der Waals surface area contributed by atoms with Crippen molar-refractivity contribution in [1.29, 1.82) is 0 Å². The fraction of sp³-hybridized carbons (Fsp3) is 0.667. The maximum absolute atomic E-state index is 6.56. The highest BCUT2D eigenvalue weighted by Gasteiger charge is 2.56. The number of nitrogens with one attached hydrogen (secondary N) is 1. The molecule has 1 N–H and O–H groups in total. The summed E-state index contributed by atoms with van der Waals surface area (Å²) in [4.78, 5) is 0. The van der Waals surface area contributed by atoms with Crippen molar-refractivity contribution in [2.75, 3.05) is 6.54 Å². The highest BCUT2D eigenvalue weighted by Crippen LogP contribution is 2.62. The Balaban J connectivity index is 1.87. The Morgan fingerprint density at radius 3 is 2.50 bits per heavy atom. The Labute approximate surface area is 128 Å². The number of fused-ring (bicyclic) bond motifs is 1. The van der Waals surface area contributed by atoms with Crippen molar-refractivity contribution in [3.05, 3.63) is 33.8 Å². The average Bonchev–Trinajstić information content (AvgIpc) is 2.88. The molecule has 20 heavy (non-hydrogen) atoms. The zero-order valence-corrected chi connectivity index (χ0v) is 13.6. The monoisotopic (exact) mass is 291 g/mol. The van der Waals surface area contributed by atoms with Gasteiger partial charge in [0.05, 0.1) is 0 Å². The largest absolute Gasteiger partial charge is 0.310 e. The standard InChI is InChI=1S/C18H26ClN/c1-4-8-20-18(17-13-6-5-7-14(13)17)15-9-11(2)12(3)10-16(15)19/h9-10,13-14,17-18,20H,4-8H2,1-3H3. The van der Waals surface area contributed by atoms with Gasteiger partial charge in [-0.05, 0) is 80.2 Å². The van der Waals surface area contributed by atoms with Gasteiger partial charge in [-0.3, -0.25) is 0 Å². The normalized spacial score (nSPS) is 29.3. The molecule has 0 heterocycles. The molecule has 3 atom stereocenters. The zero-order chi connectivity index (χ0) is 14.3. The zero-order valence-electron chi connectivity index (χ0n) is 12.9. The molecular weight excluding hydrogens is 266 g/mol. The summed E-state index contributed by atoms with van der Waals surface area (Å²) in [6.07, 6.45) is 5.48. The summed E-state index contributed by atoms with van der Waals surface area (Å²) < 4.78 is 0. The van der Waals surface area contributed by atoms with E-state index in [0.717, 1.165) is 29.3 Å². The first-order valence-electron chi connectivity index (χ1n) is 8.13. The Kier molecular flexibility index (Phi) is 4.10. The predicted molar refractivity (Wildman–Crippen MR) is 86.3 cm³/mol. The van der Waals surface area contributed by atoms with E-state index in [1.807, 2.05) is 0 Å². The van der Waals surface area contributed by atoms with Crippen LogP contribution in [-0.2, 0) is 0 Å². The molecule has 2 heteroatoms. The van der Waals surface area contributed by atoms with Crippen molar-refractivity contribution in [2.24, 2.45) is 17.8 Å². The van der Waals surface area contributed by atoms with Gasteiger partial charge in [0.15, 0.2) is 0 Å². The Morgan fingerprint density at radius 2 is 1.85 bits per heavy atom. The first kappa shape index (κ1) is 14.4. The van der Waals surface area contributed by atoms with Gasteiger partial charge in [-0.15, -0.1) is 0 Å². The second kappa shape index (κ2) is 5.69. The number of hydrogen-bond acceptors (Lipinski definition) is 1. The Morgan fingerprint density at radius 1 is 1.20 bits per heavy atom. The van der Waals surface area contributed by atoms with E-state index in [1.54, 1.807) is 0 Å². The van der Waals surface area contributed by atoms with Gasteiger partial charge in [0, 0.05) is 11.1 Å². The van der Waals surface area contributed by atoms with Crippen LogP contribution < -0.4 is 5.32 Å². The molecule has 0 saturated heterocycles. The fourth-order valence-electron chi connectivity index (χ4n) is 4.17. The van der Waals surface area contributed by atoms with Crippen LogP contribution in [0, 0.1) is 31.6 Å². The fourth-order valence-corrected chi connectivity index (χ4v) is 4.50. The summed E-state index contributed by atoms with van der Waals surface area (Å²) in [6, 6.07) is 4.93. The van der Waals surface area contributed by atoms with Gasteiger partial charge in [-0.1, -0.05) is 31.0 Å². The van der Waals surface area contributed by atoms with Crippen LogP contribution in [0.5, 0.6) is 0 Å². The smallest absolute Gasteiger partial charge is 0.0456 e. The van der Waals surface area contributed by atoms with Gasteiger partial charge in [-0.25, -0.2) is 0 Å².